The van der Waals surface area contributed by atoms with Gasteiger partial charge in [0.05, 0.1) is 11.5 Å². The number of carbonyl (C=O) groups excluding carboxylic acids is 1. The first-order chi connectivity index (χ1) is 12.3. The molecule has 0 spiro atoms. The summed E-state index contributed by atoms with van der Waals surface area (Å²) in [5, 5.41) is 4.93. The van der Waals surface area contributed by atoms with E-state index in [0.717, 1.165) is 27.6 Å². The third-order valence-corrected chi connectivity index (χ3v) is 5.19. The van der Waals surface area contributed by atoms with Crippen molar-refractivity contribution in [2.75, 3.05) is 5.75 Å². The second kappa shape index (κ2) is 9.24. The molecule has 138 valence electrons. The Bertz CT molecular complexity index is 762. The average molecular weight is 389 g/mol. The number of halogens is 1. The number of hydrogen-bond acceptors (Lipinski definition) is 3. The molecule has 0 aliphatic heterocycles. The first-order valence-electron chi connectivity index (χ1n) is 8.52. The highest BCUT2D eigenvalue weighted by Crippen LogP contribution is 2.22. The lowest BCUT2D eigenvalue weighted by molar-refractivity contribution is -0.118. The minimum Gasteiger partial charge on any atom is -0.272 e. The Morgan fingerprint density at radius 2 is 1.69 bits per heavy atom. The van der Waals surface area contributed by atoms with E-state index in [-0.39, 0.29) is 11.3 Å². The molecule has 0 unspecified atom stereocenters. The SMILES string of the molecule is CC(=NNC(=O)CSCc1ccc(Cl)cc1)c1ccc(C(C)(C)C)cc1. The van der Waals surface area contributed by atoms with Crippen LogP contribution < -0.4 is 5.43 Å². The van der Waals surface area contributed by atoms with Crippen molar-refractivity contribution in [2.45, 2.75) is 38.9 Å². The molecule has 0 saturated heterocycles. The monoisotopic (exact) mass is 388 g/mol. The predicted molar refractivity (Wildman–Crippen MR) is 113 cm³/mol. The lowest BCUT2D eigenvalue weighted by atomic mass is 9.86. The molecule has 0 bridgehead atoms. The fraction of sp³-hybridized carbons (Fsp3) is 0.333. The topological polar surface area (TPSA) is 41.5 Å². The van der Waals surface area contributed by atoms with Crippen LogP contribution in [0.5, 0.6) is 0 Å². The minimum absolute atomic E-state index is 0.102. The molecule has 0 aliphatic rings. The van der Waals surface area contributed by atoms with Gasteiger partial charge >= 0.3 is 0 Å². The Morgan fingerprint density at radius 1 is 1.08 bits per heavy atom. The second-order valence-electron chi connectivity index (χ2n) is 7.18. The molecule has 2 rings (SSSR count). The molecule has 1 amide bonds. The van der Waals surface area contributed by atoms with Crippen LogP contribution in [0.3, 0.4) is 0 Å². The molecule has 0 aliphatic carbocycles. The summed E-state index contributed by atoms with van der Waals surface area (Å²) in [5.74, 6) is 1.03. The van der Waals surface area contributed by atoms with Crippen molar-refractivity contribution in [1.82, 2.24) is 5.43 Å². The van der Waals surface area contributed by atoms with Crippen LogP contribution in [0, 0.1) is 0 Å². The van der Waals surface area contributed by atoms with Crippen LogP contribution >= 0.6 is 23.4 Å². The Hall–Kier alpha value is -1.78. The number of carbonyl (C=O) groups is 1. The number of nitrogens with zero attached hydrogens (tertiary/aromatic N) is 1. The lowest BCUT2D eigenvalue weighted by Crippen LogP contribution is -2.21. The summed E-state index contributed by atoms with van der Waals surface area (Å²) in [6.07, 6.45) is 0. The number of benzene rings is 2. The van der Waals surface area contributed by atoms with Crippen molar-refractivity contribution >= 4 is 35.0 Å². The van der Waals surface area contributed by atoms with E-state index in [2.05, 4.69) is 43.4 Å². The van der Waals surface area contributed by atoms with Crippen LogP contribution in [0.25, 0.3) is 0 Å². The summed E-state index contributed by atoms with van der Waals surface area (Å²) >= 11 is 7.41. The summed E-state index contributed by atoms with van der Waals surface area (Å²) in [6, 6.07) is 16.0. The molecule has 0 aromatic heterocycles. The fourth-order valence-corrected chi connectivity index (χ4v) is 3.20. The zero-order valence-corrected chi connectivity index (χ0v) is 17.2. The molecule has 0 fully saturated rings. The van der Waals surface area contributed by atoms with Gasteiger partial charge < -0.3 is 0 Å². The Balaban J connectivity index is 1.82. The van der Waals surface area contributed by atoms with Gasteiger partial charge in [0.1, 0.15) is 0 Å². The molecule has 0 saturated carbocycles. The fourth-order valence-electron chi connectivity index (χ4n) is 2.30. The molecule has 1 N–H and O–H groups in total. The molecule has 0 heterocycles. The molecule has 26 heavy (non-hydrogen) atoms. The van der Waals surface area contributed by atoms with Gasteiger partial charge in [-0.25, -0.2) is 5.43 Å². The molecule has 2 aromatic rings. The standard InChI is InChI=1S/C21H25ClN2OS/c1-15(17-7-9-18(10-8-17)21(2,3)4)23-24-20(25)14-26-13-16-5-11-19(22)12-6-16/h5-12H,13-14H2,1-4H3,(H,24,25). The van der Waals surface area contributed by atoms with Crippen LogP contribution in [0.15, 0.2) is 53.6 Å². The first-order valence-corrected chi connectivity index (χ1v) is 10.1. The maximum absolute atomic E-state index is 11.9. The molecule has 3 nitrogen and oxygen atoms in total. The van der Waals surface area contributed by atoms with E-state index in [1.165, 1.54) is 5.56 Å². The van der Waals surface area contributed by atoms with E-state index in [4.69, 9.17) is 11.6 Å². The zero-order chi connectivity index (χ0) is 19.2. The van der Waals surface area contributed by atoms with Crippen molar-refractivity contribution in [3.8, 4) is 0 Å². The maximum atomic E-state index is 11.9. The number of hydrogen-bond donors (Lipinski definition) is 1. The Labute approximate surface area is 165 Å². The highest BCUT2D eigenvalue weighted by Gasteiger charge is 2.13. The smallest absolute Gasteiger partial charge is 0.250 e. The van der Waals surface area contributed by atoms with Gasteiger partial charge in [-0.15, -0.1) is 11.8 Å². The van der Waals surface area contributed by atoms with Crippen molar-refractivity contribution in [2.24, 2.45) is 5.10 Å². The van der Waals surface area contributed by atoms with E-state index >= 15 is 0 Å². The van der Waals surface area contributed by atoms with Crippen molar-refractivity contribution in [3.05, 3.63) is 70.2 Å². The number of hydrazone groups is 1. The van der Waals surface area contributed by atoms with E-state index in [0.29, 0.717) is 5.75 Å². The van der Waals surface area contributed by atoms with E-state index in [1.54, 1.807) is 11.8 Å². The number of amides is 1. The van der Waals surface area contributed by atoms with Gasteiger partial charge in [-0.05, 0) is 41.2 Å². The molecular weight excluding hydrogens is 364 g/mol. The van der Waals surface area contributed by atoms with Gasteiger partial charge in [0, 0.05) is 10.8 Å². The Kier molecular flexibility index (Phi) is 7.30. The third-order valence-electron chi connectivity index (χ3n) is 3.93. The average Bonchev–Trinajstić information content (AvgIpc) is 2.61. The van der Waals surface area contributed by atoms with Gasteiger partial charge in [-0.2, -0.15) is 5.10 Å². The largest absolute Gasteiger partial charge is 0.272 e. The van der Waals surface area contributed by atoms with Crippen molar-refractivity contribution in [1.29, 1.82) is 0 Å². The van der Waals surface area contributed by atoms with Crippen molar-refractivity contribution in [3.63, 3.8) is 0 Å². The summed E-state index contributed by atoms with van der Waals surface area (Å²) in [6.45, 7) is 8.45. The Morgan fingerprint density at radius 3 is 2.27 bits per heavy atom. The second-order valence-corrected chi connectivity index (χ2v) is 8.60. The normalized spacial score (nSPS) is 12.1. The van der Waals surface area contributed by atoms with Gasteiger partial charge in [-0.1, -0.05) is 68.8 Å². The van der Waals surface area contributed by atoms with Crippen LogP contribution in [0.4, 0.5) is 0 Å². The van der Waals surface area contributed by atoms with Crippen molar-refractivity contribution < 1.29 is 4.79 Å². The van der Waals surface area contributed by atoms with Crippen LogP contribution in [0.1, 0.15) is 44.4 Å². The summed E-state index contributed by atoms with van der Waals surface area (Å²) in [4.78, 5) is 11.9. The summed E-state index contributed by atoms with van der Waals surface area (Å²) in [7, 11) is 0. The minimum atomic E-state index is -0.102. The van der Waals surface area contributed by atoms with Crippen LogP contribution in [-0.4, -0.2) is 17.4 Å². The van der Waals surface area contributed by atoms with E-state index in [9.17, 15) is 4.79 Å². The first kappa shape index (κ1) is 20.5. The molecule has 0 atom stereocenters. The van der Waals surface area contributed by atoms with E-state index in [1.807, 2.05) is 43.3 Å². The molecule has 2 aromatic carbocycles. The molecule has 5 heteroatoms. The predicted octanol–water partition coefficient (Wildman–Crippen LogP) is 5.41. The quantitative estimate of drug-likeness (QED) is 0.530. The number of thioether (sulfide) groups is 1. The van der Waals surface area contributed by atoms with Gasteiger partial charge in [-0.3, -0.25) is 4.79 Å². The molecule has 0 radical (unpaired) electrons. The highest BCUT2D eigenvalue weighted by molar-refractivity contribution is 7.99. The maximum Gasteiger partial charge on any atom is 0.250 e. The summed E-state index contributed by atoms with van der Waals surface area (Å²) < 4.78 is 0. The van der Waals surface area contributed by atoms with Gasteiger partial charge in [0.25, 0.3) is 0 Å². The summed E-state index contributed by atoms with van der Waals surface area (Å²) in [5.41, 5.74) is 6.97. The van der Waals surface area contributed by atoms with Gasteiger partial charge in [0.2, 0.25) is 5.91 Å². The van der Waals surface area contributed by atoms with E-state index < -0.39 is 0 Å². The molecular formula is C21H25ClN2OS. The highest BCUT2D eigenvalue weighted by atomic mass is 35.5. The van der Waals surface area contributed by atoms with Gasteiger partial charge in [0.15, 0.2) is 0 Å². The van der Waals surface area contributed by atoms with Crippen LogP contribution in [-0.2, 0) is 16.0 Å². The zero-order valence-electron chi connectivity index (χ0n) is 15.7. The lowest BCUT2D eigenvalue weighted by Gasteiger charge is -2.19. The third kappa shape index (κ3) is 6.50. The van der Waals surface area contributed by atoms with Crippen LogP contribution in [0.2, 0.25) is 5.02 Å². The number of nitrogens with one attached hydrogen (secondary N) is 1. The number of rotatable bonds is 6.